The van der Waals surface area contributed by atoms with Gasteiger partial charge in [-0.2, -0.15) is 0 Å². The Balaban J connectivity index is 4.15. The molecule has 0 amide bonds. The molecule has 0 aliphatic heterocycles. The third-order valence-corrected chi connectivity index (χ3v) is 14.4. The van der Waals surface area contributed by atoms with E-state index in [9.17, 15) is 14.4 Å². The minimum absolute atomic E-state index is 0.0725. The third-order valence-electron chi connectivity index (χ3n) is 14.4. The highest BCUT2D eigenvalue weighted by atomic mass is 16.6. The van der Waals surface area contributed by atoms with Crippen LogP contribution in [-0.4, -0.2) is 37.2 Å². The number of esters is 3. The summed E-state index contributed by atoms with van der Waals surface area (Å²) in [6, 6.07) is 0. The third kappa shape index (κ3) is 63.2. The summed E-state index contributed by atoms with van der Waals surface area (Å²) >= 11 is 0. The van der Waals surface area contributed by atoms with E-state index in [1.54, 1.807) is 0 Å². The first kappa shape index (κ1) is 74.3. The van der Waals surface area contributed by atoms with Crippen LogP contribution in [0.1, 0.15) is 323 Å². The quantitative estimate of drug-likeness (QED) is 0.0261. The molecule has 0 heterocycles. The van der Waals surface area contributed by atoms with Gasteiger partial charge < -0.3 is 14.2 Å². The second kappa shape index (κ2) is 65.8. The SMILES string of the molecule is CC/C=C\C/C=C\C/C=C\C/C=C\C/C=C\C/C=C\C/C=C\C/C=C\CCCCCCCCCCCCC(=O)OCC(COC(=O)CCCCCCCCCCCCCC)OC(=O)CCCCCCCCCCCCCCC. The zero-order chi connectivity index (χ0) is 56.4. The molecule has 0 rings (SSSR count). The van der Waals surface area contributed by atoms with Gasteiger partial charge >= 0.3 is 17.9 Å². The first-order valence-electron chi connectivity index (χ1n) is 33.2. The van der Waals surface area contributed by atoms with Crippen molar-refractivity contribution in [3.05, 3.63) is 97.2 Å². The molecule has 0 radical (unpaired) electrons. The van der Waals surface area contributed by atoms with E-state index in [-0.39, 0.29) is 31.1 Å². The molecule has 78 heavy (non-hydrogen) atoms. The van der Waals surface area contributed by atoms with Crippen LogP contribution in [0.15, 0.2) is 97.2 Å². The number of hydrogen-bond donors (Lipinski definition) is 0. The monoisotopic (exact) mass is 1080 g/mol. The lowest BCUT2D eigenvalue weighted by Crippen LogP contribution is -2.30. The fourth-order valence-electron chi connectivity index (χ4n) is 9.40. The van der Waals surface area contributed by atoms with Crippen LogP contribution in [0.3, 0.4) is 0 Å². The first-order chi connectivity index (χ1) is 38.5. The molecule has 0 bridgehead atoms. The molecule has 0 N–H and O–H groups in total. The van der Waals surface area contributed by atoms with Crippen molar-refractivity contribution in [1.29, 1.82) is 0 Å². The smallest absolute Gasteiger partial charge is 0.306 e. The Morgan fingerprint density at radius 3 is 0.782 bits per heavy atom. The molecule has 0 aliphatic carbocycles. The fraction of sp³-hybridized carbons (Fsp3) is 0.736. The van der Waals surface area contributed by atoms with Gasteiger partial charge in [0.25, 0.3) is 0 Å². The Morgan fingerprint density at radius 1 is 0.269 bits per heavy atom. The van der Waals surface area contributed by atoms with Crippen LogP contribution in [0, 0.1) is 0 Å². The van der Waals surface area contributed by atoms with Gasteiger partial charge in [0, 0.05) is 19.3 Å². The van der Waals surface area contributed by atoms with Gasteiger partial charge in [-0.1, -0.05) is 317 Å². The Labute approximate surface area is 483 Å². The highest BCUT2D eigenvalue weighted by Crippen LogP contribution is 2.17. The number of hydrogen-bond acceptors (Lipinski definition) is 6. The normalized spacial score (nSPS) is 12.7. The molecular weight excluding hydrogens is 961 g/mol. The van der Waals surface area contributed by atoms with Gasteiger partial charge in [0.15, 0.2) is 6.10 Å². The molecule has 0 fully saturated rings. The number of unbranched alkanes of at least 4 members (excludes halogenated alkanes) is 33. The predicted molar refractivity (Wildman–Crippen MR) is 339 cm³/mol. The van der Waals surface area contributed by atoms with Crippen LogP contribution in [0.4, 0.5) is 0 Å². The predicted octanol–water partition coefficient (Wildman–Crippen LogP) is 22.8. The Hall–Kier alpha value is -3.67. The van der Waals surface area contributed by atoms with Crippen LogP contribution >= 0.6 is 0 Å². The minimum atomic E-state index is -0.774. The fourth-order valence-corrected chi connectivity index (χ4v) is 9.40. The van der Waals surface area contributed by atoms with Crippen LogP contribution in [0.5, 0.6) is 0 Å². The topological polar surface area (TPSA) is 78.9 Å². The molecule has 448 valence electrons. The molecule has 0 aromatic heterocycles. The molecule has 1 unspecified atom stereocenters. The molecule has 1 atom stereocenters. The first-order valence-corrected chi connectivity index (χ1v) is 33.2. The average molecular weight is 1090 g/mol. The van der Waals surface area contributed by atoms with E-state index in [1.807, 2.05) is 0 Å². The largest absolute Gasteiger partial charge is 0.462 e. The summed E-state index contributed by atoms with van der Waals surface area (Å²) < 4.78 is 16.9. The molecule has 6 nitrogen and oxygen atoms in total. The lowest BCUT2D eigenvalue weighted by molar-refractivity contribution is -0.167. The summed E-state index contributed by atoms with van der Waals surface area (Å²) in [6.07, 6.45) is 88.5. The van der Waals surface area contributed by atoms with E-state index in [2.05, 4.69) is 118 Å². The van der Waals surface area contributed by atoms with Gasteiger partial charge in [0.2, 0.25) is 0 Å². The highest BCUT2D eigenvalue weighted by Gasteiger charge is 2.19. The van der Waals surface area contributed by atoms with E-state index in [4.69, 9.17) is 14.2 Å². The van der Waals surface area contributed by atoms with E-state index in [1.165, 1.54) is 173 Å². The minimum Gasteiger partial charge on any atom is -0.462 e. The zero-order valence-electron chi connectivity index (χ0n) is 51.4. The lowest BCUT2D eigenvalue weighted by atomic mass is 10.0. The molecule has 0 saturated heterocycles. The van der Waals surface area contributed by atoms with Crippen molar-refractivity contribution in [3.63, 3.8) is 0 Å². The summed E-state index contributed by atoms with van der Waals surface area (Å²) in [5.41, 5.74) is 0. The van der Waals surface area contributed by atoms with Crippen LogP contribution in [0.25, 0.3) is 0 Å². The maximum atomic E-state index is 12.9. The standard InChI is InChI=1S/C72H124O6/c1-4-7-10-13-16-19-22-25-26-27-28-29-30-31-32-33-34-35-36-37-38-39-40-41-42-43-44-45-46-48-50-53-56-59-62-65-71(74)77-68-69(67-76-70(73)64-61-58-55-52-49-24-21-18-15-12-9-6-3)78-72(75)66-63-60-57-54-51-47-23-20-17-14-11-8-5-2/h7,10,16,19,25-26,28-29,31-32,34-35,37-38,40-41,69H,4-6,8-9,11-15,17-18,20-24,27,30,33,36,39,42-68H2,1-3H3/b10-7-,19-16-,26-25-,29-28-,32-31-,35-34-,38-37-,41-40-. The van der Waals surface area contributed by atoms with Crippen molar-refractivity contribution < 1.29 is 28.6 Å². The van der Waals surface area contributed by atoms with Gasteiger partial charge in [0.1, 0.15) is 13.2 Å². The van der Waals surface area contributed by atoms with Crippen molar-refractivity contribution in [2.24, 2.45) is 0 Å². The van der Waals surface area contributed by atoms with Crippen molar-refractivity contribution in [2.45, 2.75) is 329 Å². The number of allylic oxidation sites excluding steroid dienone is 16. The van der Waals surface area contributed by atoms with Crippen molar-refractivity contribution in [2.75, 3.05) is 13.2 Å². The molecule has 0 aromatic rings. The zero-order valence-corrected chi connectivity index (χ0v) is 51.4. The van der Waals surface area contributed by atoms with Crippen LogP contribution < -0.4 is 0 Å². The Kier molecular flexibility index (Phi) is 62.7. The summed E-state index contributed by atoms with van der Waals surface area (Å²) in [4.78, 5) is 38.2. The van der Waals surface area contributed by atoms with Crippen molar-refractivity contribution in [1.82, 2.24) is 0 Å². The van der Waals surface area contributed by atoms with E-state index in [0.29, 0.717) is 19.3 Å². The second-order valence-corrected chi connectivity index (χ2v) is 22.0. The summed E-state index contributed by atoms with van der Waals surface area (Å²) in [6.45, 7) is 6.55. The van der Waals surface area contributed by atoms with E-state index >= 15 is 0 Å². The maximum Gasteiger partial charge on any atom is 0.306 e. The summed E-state index contributed by atoms with van der Waals surface area (Å²) in [7, 11) is 0. The summed E-state index contributed by atoms with van der Waals surface area (Å²) in [5, 5.41) is 0. The average Bonchev–Trinajstić information content (AvgIpc) is 3.44. The van der Waals surface area contributed by atoms with Crippen molar-refractivity contribution >= 4 is 17.9 Å². The van der Waals surface area contributed by atoms with Gasteiger partial charge in [-0.25, -0.2) is 0 Å². The molecule has 0 spiro atoms. The van der Waals surface area contributed by atoms with E-state index in [0.717, 1.165) is 109 Å². The number of carbonyl (C=O) groups is 3. The van der Waals surface area contributed by atoms with Gasteiger partial charge in [0.05, 0.1) is 0 Å². The molecule has 0 aliphatic rings. The highest BCUT2D eigenvalue weighted by molar-refractivity contribution is 5.71. The number of rotatable bonds is 60. The van der Waals surface area contributed by atoms with Crippen molar-refractivity contribution in [3.8, 4) is 0 Å². The van der Waals surface area contributed by atoms with Crippen LogP contribution in [0.2, 0.25) is 0 Å². The number of carbonyl (C=O) groups excluding carboxylic acids is 3. The molecule has 0 saturated carbocycles. The Bertz CT molecular complexity index is 1530. The van der Waals surface area contributed by atoms with E-state index < -0.39 is 6.10 Å². The second-order valence-electron chi connectivity index (χ2n) is 22.0. The molecular formula is C72H124O6. The molecule has 0 aromatic carbocycles. The van der Waals surface area contributed by atoms with Gasteiger partial charge in [-0.15, -0.1) is 0 Å². The molecule has 6 heteroatoms. The maximum absolute atomic E-state index is 12.9. The number of ether oxygens (including phenoxy) is 3. The van der Waals surface area contributed by atoms with Crippen LogP contribution in [-0.2, 0) is 28.6 Å². The van der Waals surface area contributed by atoms with Gasteiger partial charge in [-0.05, 0) is 83.5 Å². The van der Waals surface area contributed by atoms with Gasteiger partial charge in [-0.3, -0.25) is 14.4 Å². The lowest BCUT2D eigenvalue weighted by Gasteiger charge is -2.18. The summed E-state index contributed by atoms with van der Waals surface area (Å²) in [5.74, 6) is -0.864. The Morgan fingerprint density at radius 2 is 0.500 bits per heavy atom.